The molecule has 4 aromatic rings. The van der Waals surface area contributed by atoms with E-state index in [2.05, 4.69) is 20.3 Å². The van der Waals surface area contributed by atoms with E-state index in [9.17, 15) is 18.0 Å². The van der Waals surface area contributed by atoms with Crippen LogP contribution in [0.15, 0.2) is 71.8 Å². The lowest BCUT2D eigenvalue weighted by atomic mass is 10.1. The van der Waals surface area contributed by atoms with Crippen LogP contribution >= 0.6 is 23.2 Å². The highest BCUT2D eigenvalue weighted by molar-refractivity contribution is 6.31. The minimum absolute atomic E-state index is 0.0342. The van der Waals surface area contributed by atoms with Crippen molar-refractivity contribution in [3.05, 3.63) is 110 Å². The maximum Gasteiger partial charge on any atom is 0.417 e. The van der Waals surface area contributed by atoms with Crippen LogP contribution in [0, 0.1) is 0 Å². The van der Waals surface area contributed by atoms with Crippen LogP contribution in [0.4, 0.5) is 19.1 Å². The molecular weight excluding hydrogens is 516 g/mol. The molecule has 4 rings (SSSR count). The number of nitrogens with zero attached hydrogens (tertiary/aromatic N) is 2. The van der Waals surface area contributed by atoms with Crippen molar-refractivity contribution in [2.24, 2.45) is 0 Å². The lowest BCUT2D eigenvalue weighted by Gasteiger charge is -2.12. The van der Waals surface area contributed by atoms with Crippen LogP contribution in [0.5, 0.6) is 11.5 Å². The molecule has 0 bridgehead atoms. The van der Waals surface area contributed by atoms with Gasteiger partial charge in [0.1, 0.15) is 16.7 Å². The summed E-state index contributed by atoms with van der Waals surface area (Å²) in [5, 5.41) is 3.06. The smallest absolute Gasteiger partial charge is 0.417 e. The predicted molar refractivity (Wildman–Crippen MR) is 132 cm³/mol. The molecule has 0 atom stereocenters. The molecule has 36 heavy (non-hydrogen) atoms. The van der Waals surface area contributed by atoms with Crippen molar-refractivity contribution in [1.29, 1.82) is 0 Å². The van der Waals surface area contributed by atoms with Crippen LogP contribution in [0.2, 0.25) is 10.2 Å². The fourth-order valence-corrected chi connectivity index (χ4v) is 3.67. The van der Waals surface area contributed by atoms with Crippen molar-refractivity contribution < 1.29 is 17.9 Å². The maximum atomic E-state index is 13.0. The highest BCUT2D eigenvalue weighted by atomic mass is 35.5. The number of halogens is 5. The second-order valence-corrected chi connectivity index (χ2v) is 8.61. The first kappa shape index (κ1) is 25.5. The third-order valence-corrected chi connectivity index (χ3v) is 5.72. The van der Waals surface area contributed by atoms with Crippen molar-refractivity contribution in [3.8, 4) is 11.5 Å². The molecule has 0 unspecified atom stereocenters. The molecule has 0 fully saturated rings. The fraction of sp³-hybridized carbons (Fsp3) is 0.160. The van der Waals surface area contributed by atoms with E-state index in [0.717, 1.165) is 23.3 Å². The Bertz CT molecular complexity index is 1390. The van der Waals surface area contributed by atoms with Gasteiger partial charge in [-0.2, -0.15) is 13.2 Å². The van der Waals surface area contributed by atoms with Gasteiger partial charge in [-0.05, 0) is 53.9 Å². The number of aromatic amines is 1. The molecule has 0 saturated heterocycles. The van der Waals surface area contributed by atoms with Crippen LogP contribution < -0.4 is 15.6 Å². The first-order chi connectivity index (χ1) is 17.2. The Morgan fingerprint density at radius 3 is 2.31 bits per heavy atom. The van der Waals surface area contributed by atoms with Crippen molar-refractivity contribution in [2.45, 2.75) is 19.0 Å². The Labute approximate surface area is 214 Å². The van der Waals surface area contributed by atoms with E-state index in [1.165, 1.54) is 12.3 Å². The summed E-state index contributed by atoms with van der Waals surface area (Å²) in [4.78, 5) is 23.3. The van der Waals surface area contributed by atoms with E-state index in [0.29, 0.717) is 41.8 Å². The predicted octanol–water partition coefficient (Wildman–Crippen LogP) is 6.53. The number of alkyl halides is 3. The number of rotatable bonds is 8. The topological polar surface area (TPSA) is 79.9 Å². The van der Waals surface area contributed by atoms with E-state index in [-0.39, 0.29) is 16.3 Å². The third kappa shape index (κ3) is 6.77. The lowest BCUT2D eigenvalue weighted by molar-refractivity contribution is -0.137. The minimum atomic E-state index is -4.57. The zero-order valence-corrected chi connectivity index (χ0v) is 20.1. The fourth-order valence-electron chi connectivity index (χ4n) is 3.34. The largest absolute Gasteiger partial charge is 0.457 e. The van der Waals surface area contributed by atoms with Crippen molar-refractivity contribution in [1.82, 2.24) is 15.0 Å². The highest BCUT2D eigenvalue weighted by Crippen LogP contribution is 2.37. The number of aromatic nitrogens is 3. The van der Waals surface area contributed by atoms with E-state index in [1.54, 1.807) is 42.6 Å². The summed E-state index contributed by atoms with van der Waals surface area (Å²) in [7, 11) is 0. The number of H-pyrrole nitrogens is 1. The summed E-state index contributed by atoms with van der Waals surface area (Å²) < 4.78 is 44.6. The van der Waals surface area contributed by atoms with Gasteiger partial charge >= 0.3 is 6.18 Å². The average molecular weight is 535 g/mol. The summed E-state index contributed by atoms with van der Waals surface area (Å²) >= 11 is 11.4. The van der Waals surface area contributed by atoms with Gasteiger partial charge in [-0.25, -0.2) is 9.97 Å². The van der Waals surface area contributed by atoms with Gasteiger partial charge < -0.3 is 10.1 Å². The lowest BCUT2D eigenvalue weighted by Crippen LogP contribution is -2.18. The normalized spacial score (nSPS) is 11.4. The quantitative estimate of drug-likeness (QED) is 0.251. The highest BCUT2D eigenvalue weighted by Gasteiger charge is 2.33. The molecule has 0 aliphatic carbocycles. The number of hydrogen-bond acceptors (Lipinski definition) is 5. The molecule has 2 aromatic carbocycles. The van der Waals surface area contributed by atoms with E-state index >= 15 is 0 Å². The summed E-state index contributed by atoms with van der Waals surface area (Å²) in [5.74, 6) is 0.771. The number of nitrogens with one attached hydrogen (secondary N) is 2. The second-order valence-electron chi connectivity index (χ2n) is 7.81. The van der Waals surface area contributed by atoms with Crippen LogP contribution in [-0.4, -0.2) is 21.5 Å². The number of ether oxygens (including phenoxy) is 1. The van der Waals surface area contributed by atoms with Gasteiger partial charge in [0.25, 0.3) is 5.56 Å². The van der Waals surface area contributed by atoms with Gasteiger partial charge in [0.15, 0.2) is 0 Å². The van der Waals surface area contributed by atoms with Crippen molar-refractivity contribution >= 4 is 29.2 Å². The summed E-state index contributed by atoms with van der Waals surface area (Å²) in [6.07, 6.45) is -0.445. The SMILES string of the molecule is O=c1[nH]c(NCCc2ccc(Oc3ccc(Cl)c(C(F)(F)F)c3)cc2)ncc1Cc1ccc(Cl)nc1. The molecule has 0 aliphatic heterocycles. The van der Waals surface area contributed by atoms with Gasteiger partial charge in [-0.3, -0.25) is 9.78 Å². The summed E-state index contributed by atoms with van der Waals surface area (Å²) in [6.45, 7) is 0.496. The van der Waals surface area contributed by atoms with Crippen LogP contribution in [0.1, 0.15) is 22.3 Å². The zero-order chi connectivity index (χ0) is 25.7. The van der Waals surface area contributed by atoms with Gasteiger partial charge in [0.2, 0.25) is 5.95 Å². The molecule has 2 aromatic heterocycles. The minimum Gasteiger partial charge on any atom is -0.457 e. The van der Waals surface area contributed by atoms with Crippen LogP contribution in [-0.2, 0) is 19.0 Å². The Balaban J connectivity index is 1.30. The monoisotopic (exact) mass is 534 g/mol. The average Bonchev–Trinajstić information content (AvgIpc) is 2.84. The van der Waals surface area contributed by atoms with E-state index in [4.69, 9.17) is 27.9 Å². The maximum absolute atomic E-state index is 13.0. The molecule has 6 nitrogen and oxygen atoms in total. The molecule has 11 heteroatoms. The van der Waals surface area contributed by atoms with Crippen LogP contribution in [0.3, 0.4) is 0 Å². The number of pyridine rings is 1. The molecule has 0 radical (unpaired) electrons. The molecule has 0 saturated carbocycles. The molecule has 2 N–H and O–H groups in total. The number of benzene rings is 2. The molecule has 2 heterocycles. The first-order valence-electron chi connectivity index (χ1n) is 10.7. The van der Waals surface area contributed by atoms with E-state index in [1.807, 2.05) is 0 Å². The first-order valence-corrected chi connectivity index (χ1v) is 11.5. The molecule has 0 spiro atoms. The van der Waals surface area contributed by atoms with Gasteiger partial charge in [-0.1, -0.05) is 41.4 Å². The Hall–Kier alpha value is -3.56. The number of anilines is 1. The molecule has 0 aliphatic rings. The van der Waals surface area contributed by atoms with Crippen LogP contribution in [0.25, 0.3) is 0 Å². The Kier molecular flexibility index (Phi) is 7.81. The zero-order valence-electron chi connectivity index (χ0n) is 18.6. The van der Waals surface area contributed by atoms with Crippen molar-refractivity contribution in [3.63, 3.8) is 0 Å². The van der Waals surface area contributed by atoms with Crippen molar-refractivity contribution in [2.75, 3.05) is 11.9 Å². The van der Waals surface area contributed by atoms with Gasteiger partial charge in [-0.15, -0.1) is 0 Å². The summed E-state index contributed by atoms with van der Waals surface area (Å²) in [5.41, 5.74) is 1.10. The van der Waals surface area contributed by atoms with E-state index < -0.39 is 11.7 Å². The van der Waals surface area contributed by atoms with Gasteiger partial charge in [0.05, 0.1) is 10.6 Å². The standard InChI is InChI=1S/C25H19Cl2F3N4O2/c26-21-7-6-19(12-20(21)25(28,29)30)36-18-4-1-15(2-5-18)9-10-31-24-33-14-17(23(35)34-24)11-16-3-8-22(27)32-13-16/h1-8,12-14H,9-11H2,(H2,31,33,34,35). The molecular formula is C25H19Cl2F3N4O2. The Morgan fingerprint density at radius 1 is 0.917 bits per heavy atom. The third-order valence-electron chi connectivity index (χ3n) is 5.16. The Morgan fingerprint density at radius 2 is 1.64 bits per heavy atom. The molecule has 0 amide bonds. The molecule has 186 valence electrons. The second kappa shape index (κ2) is 11.0. The number of hydrogen-bond donors (Lipinski definition) is 2. The van der Waals surface area contributed by atoms with Gasteiger partial charge in [0, 0.05) is 30.9 Å². The summed E-state index contributed by atoms with van der Waals surface area (Å²) in [6, 6.07) is 13.8.